The highest BCUT2D eigenvalue weighted by atomic mass is 35.5. The zero-order chi connectivity index (χ0) is 13.2. The molecule has 1 aromatic rings. The van der Waals surface area contributed by atoms with E-state index in [2.05, 4.69) is 4.72 Å². The predicted molar refractivity (Wildman–Crippen MR) is 70.8 cm³/mol. The molecule has 2 rings (SSSR count). The first kappa shape index (κ1) is 13.4. The van der Waals surface area contributed by atoms with Crippen LogP contribution in [0.1, 0.15) is 0 Å². The normalized spacial score (nSPS) is 17.6. The number of nitrogens with one attached hydrogen (secondary N) is 1. The molecular formula is C10H14ClN3O3S. The molecule has 0 atom stereocenters. The van der Waals surface area contributed by atoms with Crippen molar-refractivity contribution in [3.8, 4) is 0 Å². The Balaban J connectivity index is 2.16. The molecule has 0 aromatic heterocycles. The van der Waals surface area contributed by atoms with E-state index in [0.717, 1.165) is 0 Å². The van der Waals surface area contributed by atoms with Crippen molar-refractivity contribution in [2.24, 2.45) is 0 Å². The van der Waals surface area contributed by atoms with Gasteiger partial charge in [0.1, 0.15) is 0 Å². The summed E-state index contributed by atoms with van der Waals surface area (Å²) in [5, 5.41) is 0.270. The molecule has 1 fully saturated rings. The number of benzene rings is 1. The van der Waals surface area contributed by atoms with Crippen LogP contribution in [0.25, 0.3) is 0 Å². The number of hydrogen-bond donors (Lipinski definition) is 2. The molecule has 100 valence electrons. The molecule has 0 saturated carbocycles. The third-order valence-corrected chi connectivity index (χ3v) is 4.38. The second-order valence-corrected chi connectivity index (χ2v) is 5.94. The number of ether oxygens (including phenoxy) is 1. The lowest BCUT2D eigenvalue weighted by Crippen LogP contribution is -2.43. The Bertz CT molecular complexity index is 529. The quantitative estimate of drug-likeness (QED) is 0.811. The average molecular weight is 292 g/mol. The fourth-order valence-electron chi connectivity index (χ4n) is 1.60. The van der Waals surface area contributed by atoms with Crippen LogP contribution >= 0.6 is 11.6 Å². The Hall–Kier alpha value is -1.02. The number of halogens is 1. The predicted octanol–water partition coefficient (Wildman–Crippen LogP) is 0.911. The van der Waals surface area contributed by atoms with Gasteiger partial charge in [-0.3, -0.25) is 4.72 Å². The zero-order valence-electron chi connectivity index (χ0n) is 9.60. The number of nitrogens with two attached hydrogens (primary N) is 1. The zero-order valence-corrected chi connectivity index (χ0v) is 11.2. The molecule has 6 nitrogen and oxygen atoms in total. The molecule has 8 heteroatoms. The summed E-state index contributed by atoms with van der Waals surface area (Å²) in [4.78, 5) is 0. The van der Waals surface area contributed by atoms with Crippen LogP contribution in [0, 0.1) is 0 Å². The van der Waals surface area contributed by atoms with E-state index in [0.29, 0.717) is 37.7 Å². The molecule has 1 saturated heterocycles. The minimum absolute atomic E-state index is 0.270. The lowest BCUT2D eigenvalue weighted by molar-refractivity contribution is 0.0733. The van der Waals surface area contributed by atoms with Gasteiger partial charge >= 0.3 is 10.2 Å². The molecule has 1 aromatic carbocycles. The van der Waals surface area contributed by atoms with Crippen molar-refractivity contribution >= 4 is 33.2 Å². The van der Waals surface area contributed by atoms with E-state index in [-0.39, 0.29) is 5.02 Å². The van der Waals surface area contributed by atoms with Crippen molar-refractivity contribution in [2.75, 3.05) is 36.8 Å². The number of nitrogen functional groups attached to an aromatic ring is 1. The Kier molecular flexibility index (Phi) is 3.96. The van der Waals surface area contributed by atoms with Crippen molar-refractivity contribution in [3.05, 3.63) is 23.2 Å². The van der Waals surface area contributed by atoms with E-state index < -0.39 is 10.2 Å². The molecule has 0 bridgehead atoms. The van der Waals surface area contributed by atoms with Crippen LogP contribution in [0.4, 0.5) is 11.4 Å². The van der Waals surface area contributed by atoms with E-state index in [1.807, 2.05) is 0 Å². The summed E-state index contributed by atoms with van der Waals surface area (Å²) >= 11 is 5.92. The van der Waals surface area contributed by atoms with Crippen molar-refractivity contribution in [2.45, 2.75) is 0 Å². The van der Waals surface area contributed by atoms with Crippen LogP contribution in [0.5, 0.6) is 0 Å². The number of hydrogen-bond acceptors (Lipinski definition) is 4. The first-order valence-corrected chi connectivity index (χ1v) is 7.21. The SMILES string of the molecule is Nc1ccc(NS(=O)(=O)N2CCOCC2)c(Cl)c1. The van der Waals surface area contributed by atoms with Gasteiger partial charge in [-0.15, -0.1) is 0 Å². The van der Waals surface area contributed by atoms with Crippen LogP contribution in [0.2, 0.25) is 5.02 Å². The molecule has 0 amide bonds. The van der Waals surface area contributed by atoms with Crippen LogP contribution < -0.4 is 10.5 Å². The van der Waals surface area contributed by atoms with Crippen LogP contribution in [0.15, 0.2) is 18.2 Å². The summed E-state index contributed by atoms with van der Waals surface area (Å²) in [6.45, 7) is 1.47. The summed E-state index contributed by atoms with van der Waals surface area (Å²) in [7, 11) is -3.59. The van der Waals surface area contributed by atoms with Gasteiger partial charge in [0.25, 0.3) is 0 Å². The Morgan fingerprint density at radius 1 is 1.33 bits per heavy atom. The van der Waals surface area contributed by atoms with Gasteiger partial charge in [0, 0.05) is 18.8 Å². The van der Waals surface area contributed by atoms with E-state index >= 15 is 0 Å². The summed E-state index contributed by atoms with van der Waals surface area (Å²) in [5.41, 5.74) is 6.34. The monoisotopic (exact) mass is 291 g/mol. The molecule has 18 heavy (non-hydrogen) atoms. The lowest BCUT2D eigenvalue weighted by Gasteiger charge is -2.26. The first-order valence-electron chi connectivity index (χ1n) is 5.40. The highest BCUT2D eigenvalue weighted by Gasteiger charge is 2.24. The van der Waals surface area contributed by atoms with Crippen LogP contribution in [-0.4, -0.2) is 39.0 Å². The van der Waals surface area contributed by atoms with Gasteiger partial charge in [0.05, 0.1) is 23.9 Å². The van der Waals surface area contributed by atoms with Gasteiger partial charge in [0.2, 0.25) is 0 Å². The lowest BCUT2D eigenvalue weighted by atomic mass is 10.3. The fraction of sp³-hybridized carbons (Fsp3) is 0.400. The molecule has 0 radical (unpaired) electrons. The summed E-state index contributed by atoms with van der Waals surface area (Å²) in [6, 6.07) is 4.62. The summed E-state index contributed by atoms with van der Waals surface area (Å²) in [6.07, 6.45) is 0. The van der Waals surface area contributed by atoms with Gasteiger partial charge in [-0.2, -0.15) is 12.7 Å². The molecule has 0 unspecified atom stereocenters. The molecule has 0 aliphatic carbocycles. The largest absolute Gasteiger partial charge is 0.399 e. The van der Waals surface area contributed by atoms with Gasteiger partial charge in [-0.1, -0.05) is 11.6 Å². The second kappa shape index (κ2) is 5.31. The van der Waals surface area contributed by atoms with Crippen molar-refractivity contribution in [1.82, 2.24) is 4.31 Å². The van der Waals surface area contributed by atoms with Gasteiger partial charge in [-0.25, -0.2) is 0 Å². The van der Waals surface area contributed by atoms with Crippen LogP contribution in [-0.2, 0) is 14.9 Å². The van der Waals surface area contributed by atoms with Gasteiger partial charge < -0.3 is 10.5 Å². The molecule has 3 N–H and O–H groups in total. The topological polar surface area (TPSA) is 84.7 Å². The third kappa shape index (κ3) is 3.05. The van der Waals surface area contributed by atoms with E-state index in [4.69, 9.17) is 22.1 Å². The minimum atomic E-state index is -3.59. The van der Waals surface area contributed by atoms with Crippen LogP contribution in [0.3, 0.4) is 0 Å². The van der Waals surface area contributed by atoms with Crippen molar-refractivity contribution in [1.29, 1.82) is 0 Å². The highest BCUT2D eigenvalue weighted by Crippen LogP contribution is 2.25. The van der Waals surface area contributed by atoms with E-state index in [1.54, 1.807) is 6.07 Å². The molecule has 1 heterocycles. The molecule has 1 aliphatic heterocycles. The molecular weight excluding hydrogens is 278 g/mol. The number of anilines is 2. The van der Waals surface area contributed by atoms with Crippen molar-refractivity contribution in [3.63, 3.8) is 0 Å². The van der Waals surface area contributed by atoms with Gasteiger partial charge in [0.15, 0.2) is 0 Å². The fourth-order valence-corrected chi connectivity index (χ4v) is 3.11. The maximum absolute atomic E-state index is 12.1. The number of nitrogens with zero attached hydrogens (tertiary/aromatic N) is 1. The smallest absolute Gasteiger partial charge is 0.301 e. The van der Waals surface area contributed by atoms with E-state index in [9.17, 15) is 8.42 Å². The molecule has 0 spiro atoms. The van der Waals surface area contributed by atoms with Gasteiger partial charge in [-0.05, 0) is 18.2 Å². The Labute approximate surface area is 111 Å². The highest BCUT2D eigenvalue weighted by molar-refractivity contribution is 7.90. The Morgan fingerprint density at radius 3 is 2.61 bits per heavy atom. The third-order valence-electron chi connectivity index (χ3n) is 2.54. The number of rotatable bonds is 3. The standard InChI is InChI=1S/C10H14ClN3O3S/c11-9-7-8(12)1-2-10(9)13-18(15,16)14-3-5-17-6-4-14/h1-2,7,13H,3-6,12H2. The average Bonchev–Trinajstić information content (AvgIpc) is 2.34. The summed E-state index contributed by atoms with van der Waals surface area (Å²) < 4.78 is 33.0. The first-order chi connectivity index (χ1) is 8.49. The maximum atomic E-state index is 12.1. The van der Waals surface area contributed by atoms with Crippen molar-refractivity contribution < 1.29 is 13.2 Å². The Morgan fingerprint density at radius 2 is 2.00 bits per heavy atom. The summed E-state index contributed by atoms with van der Waals surface area (Å²) in [5.74, 6) is 0. The van der Waals surface area contributed by atoms with E-state index in [1.165, 1.54) is 16.4 Å². The minimum Gasteiger partial charge on any atom is -0.399 e. The molecule has 1 aliphatic rings. The second-order valence-electron chi connectivity index (χ2n) is 3.86. The maximum Gasteiger partial charge on any atom is 0.301 e. The number of morpholine rings is 1.